The molecule has 0 aromatic carbocycles. The van der Waals surface area contributed by atoms with Crippen molar-refractivity contribution >= 4 is 5.96 Å². The topological polar surface area (TPSA) is 71.7 Å². The normalized spacial score (nSPS) is 29.9. The van der Waals surface area contributed by atoms with Gasteiger partial charge in [0, 0.05) is 12.6 Å². The average molecular weight is 226 g/mol. The summed E-state index contributed by atoms with van der Waals surface area (Å²) >= 11 is 0. The lowest BCUT2D eigenvalue weighted by atomic mass is 9.94. The van der Waals surface area contributed by atoms with Crippen LogP contribution in [0, 0.1) is 0 Å². The number of hydrazine groups is 1. The van der Waals surface area contributed by atoms with Crippen LogP contribution in [0.2, 0.25) is 0 Å². The molecule has 0 aromatic heterocycles. The van der Waals surface area contributed by atoms with Crippen LogP contribution in [-0.4, -0.2) is 30.3 Å². The minimum absolute atomic E-state index is 0.0464. The molecule has 1 aliphatic carbocycles. The van der Waals surface area contributed by atoms with E-state index in [1.165, 1.54) is 12.8 Å². The van der Waals surface area contributed by atoms with Crippen molar-refractivity contribution in [2.75, 3.05) is 6.61 Å². The number of ether oxygens (including phenoxy) is 1. The Morgan fingerprint density at radius 3 is 2.69 bits per heavy atom. The van der Waals surface area contributed by atoms with Crippen molar-refractivity contribution in [3.8, 4) is 0 Å². The van der Waals surface area contributed by atoms with Gasteiger partial charge in [-0.25, -0.2) is 10.8 Å². The van der Waals surface area contributed by atoms with Crippen LogP contribution < -0.4 is 16.6 Å². The number of hydrogen-bond acceptors (Lipinski definition) is 3. The highest BCUT2D eigenvalue weighted by Crippen LogP contribution is 2.25. The van der Waals surface area contributed by atoms with Gasteiger partial charge >= 0.3 is 0 Å². The predicted octanol–water partition coefficient (Wildman–Crippen LogP) is 0.515. The fraction of sp³-hybridized carbons (Fsp3) is 0.909. The Kier molecular flexibility index (Phi) is 3.35. The Hall–Kier alpha value is -0.810. The van der Waals surface area contributed by atoms with Gasteiger partial charge in [-0.2, -0.15) is 0 Å². The number of nitrogens with zero attached hydrogens (tertiary/aromatic N) is 1. The first kappa shape index (κ1) is 11.7. The van der Waals surface area contributed by atoms with Gasteiger partial charge in [0.15, 0.2) is 0 Å². The lowest BCUT2D eigenvalue weighted by Gasteiger charge is -2.36. The standard InChI is InChI=1S/C11H22N4O/c1-11(2)7-9(5-6-16-11)14-10(15-12)13-8-3-4-8/h8-9H,3-7,12H2,1-2H3,(H2,13,14,15). The van der Waals surface area contributed by atoms with Gasteiger partial charge in [0.1, 0.15) is 0 Å². The van der Waals surface area contributed by atoms with Gasteiger partial charge in [0.05, 0.1) is 11.6 Å². The number of nitrogens with one attached hydrogen (secondary N) is 2. The molecule has 1 aliphatic heterocycles. The molecule has 2 fully saturated rings. The molecular formula is C11H22N4O. The zero-order valence-electron chi connectivity index (χ0n) is 10.1. The fourth-order valence-electron chi connectivity index (χ4n) is 2.05. The van der Waals surface area contributed by atoms with Crippen molar-refractivity contribution < 1.29 is 4.74 Å². The number of rotatable bonds is 2. The molecule has 0 aromatic rings. The molecule has 5 heteroatoms. The number of aliphatic imine (C=N–C) groups is 1. The molecule has 1 unspecified atom stereocenters. The van der Waals surface area contributed by atoms with E-state index in [-0.39, 0.29) is 5.60 Å². The van der Waals surface area contributed by atoms with Crippen LogP contribution in [-0.2, 0) is 4.74 Å². The van der Waals surface area contributed by atoms with Gasteiger partial charge in [-0.1, -0.05) is 0 Å². The van der Waals surface area contributed by atoms with Crippen LogP contribution in [0.5, 0.6) is 0 Å². The van der Waals surface area contributed by atoms with Crippen LogP contribution in [0.1, 0.15) is 39.5 Å². The molecule has 4 N–H and O–H groups in total. The minimum atomic E-state index is -0.0464. The van der Waals surface area contributed by atoms with Crippen molar-refractivity contribution in [2.45, 2.75) is 57.2 Å². The lowest BCUT2D eigenvalue weighted by Crippen LogP contribution is -2.51. The average Bonchev–Trinajstić information content (AvgIpc) is 2.99. The molecule has 0 spiro atoms. The third-order valence-corrected chi connectivity index (χ3v) is 3.03. The minimum Gasteiger partial charge on any atom is -0.375 e. The highest BCUT2D eigenvalue weighted by Gasteiger charge is 2.29. The van der Waals surface area contributed by atoms with E-state index in [9.17, 15) is 0 Å². The van der Waals surface area contributed by atoms with Crippen LogP contribution in [0.3, 0.4) is 0 Å². The molecule has 1 saturated carbocycles. The molecule has 2 rings (SSSR count). The summed E-state index contributed by atoms with van der Waals surface area (Å²) in [7, 11) is 0. The smallest absolute Gasteiger partial charge is 0.206 e. The van der Waals surface area contributed by atoms with Crippen LogP contribution in [0.4, 0.5) is 0 Å². The first-order chi connectivity index (χ1) is 7.59. The van der Waals surface area contributed by atoms with E-state index in [0.29, 0.717) is 12.1 Å². The maximum Gasteiger partial charge on any atom is 0.206 e. The molecule has 0 bridgehead atoms. The fourth-order valence-corrected chi connectivity index (χ4v) is 2.05. The summed E-state index contributed by atoms with van der Waals surface area (Å²) < 4.78 is 5.67. The van der Waals surface area contributed by atoms with Crippen molar-refractivity contribution in [1.82, 2.24) is 10.7 Å². The third kappa shape index (κ3) is 3.35. The Morgan fingerprint density at radius 1 is 1.38 bits per heavy atom. The molecule has 16 heavy (non-hydrogen) atoms. The highest BCUT2D eigenvalue weighted by molar-refractivity contribution is 5.79. The summed E-state index contributed by atoms with van der Waals surface area (Å²) in [5.74, 6) is 6.19. The molecule has 1 atom stereocenters. The van der Waals surface area contributed by atoms with Crippen molar-refractivity contribution in [3.05, 3.63) is 0 Å². The van der Waals surface area contributed by atoms with Crippen LogP contribution in [0.15, 0.2) is 4.99 Å². The summed E-state index contributed by atoms with van der Waals surface area (Å²) in [6.45, 7) is 5.04. The molecule has 1 saturated heterocycles. The van der Waals surface area contributed by atoms with E-state index in [1.807, 2.05) is 0 Å². The number of hydrogen-bond donors (Lipinski definition) is 3. The monoisotopic (exact) mass is 226 g/mol. The van der Waals surface area contributed by atoms with Crippen molar-refractivity contribution in [2.24, 2.45) is 10.8 Å². The van der Waals surface area contributed by atoms with E-state index in [1.54, 1.807) is 0 Å². The summed E-state index contributed by atoms with van der Waals surface area (Å²) in [5.41, 5.74) is 2.60. The third-order valence-electron chi connectivity index (χ3n) is 3.03. The van der Waals surface area contributed by atoms with Gasteiger partial charge in [-0.15, -0.1) is 0 Å². The first-order valence-electron chi connectivity index (χ1n) is 6.04. The zero-order valence-corrected chi connectivity index (χ0v) is 10.1. The first-order valence-corrected chi connectivity index (χ1v) is 6.04. The molecular weight excluding hydrogens is 204 g/mol. The maximum absolute atomic E-state index is 5.67. The molecule has 2 aliphatic rings. The molecule has 92 valence electrons. The zero-order chi connectivity index (χ0) is 11.6. The number of guanidine groups is 1. The summed E-state index contributed by atoms with van der Waals surface area (Å²) in [6.07, 6.45) is 4.37. The second-order valence-corrected chi connectivity index (χ2v) is 5.30. The van der Waals surface area contributed by atoms with Gasteiger partial charge in [-0.05, 0) is 39.5 Å². The summed E-state index contributed by atoms with van der Waals surface area (Å²) in [4.78, 5) is 4.48. The summed E-state index contributed by atoms with van der Waals surface area (Å²) in [6, 6.07) is 0.878. The molecule has 5 nitrogen and oxygen atoms in total. The molecule has 0 radical (unpaired) electrons. The second kappa shape index (κ2) is 4.59. The largest absolute Gasteiger partial charge is 0.375 e. The van der Waals surface area contributed by atoms with Gasteiger partial charge in [-0.3, -0.25) is 5.43 Å². The van der Waals surface area contributed by atoms with Gasteiger partial charge in [0.25, 0.3) is 0 Å². The van der Waals surface area contributed by atoms with E-state index >= 15 is 0 Å². The van der Waals surface area contributed by atoms with E-state index in [0.717, 1.165) is 25.4 Å². The van der Waals surface area contributed by atoms with Crippen LogP contribution >= 0.6 is 0 Å². The Labute approximate surface area is 96.8 Å². The van der Waals surface area contributed by atoms with Gasteiger partial charge in [0.2, 0.25) is 5.96 Å². The number of nitrogens with two attached hydrogens (primary N) is 1. The van der Waals surface area contributed by atoms with E-state index in [2.05, 4.69) is 29.6 Å². The quantitative estimate of drug-likeness (QED) is 0.278. The Morgan fingerprint density at radius 2 is 2.12 bits per heavy atom. The van der Waals surface area contributed by atoms with E-state index in [4.69, 9.17) is 10.6 Å². The predicted molar refractivity (Wildman–Crippen MR) is 64.0 cm³/mol. The second-order valence-electron chi connectivity index (χ2n) is 5.30. The van der Waals surface area contributed by atoms with Crippen LogP contribution in [0.25, 0.3) is 0 Å². The van der Waals surface area contributed by atoms with Crippen molar-refractivity contribution in [1.29, 1.82) is 0 Å². The summed E-state index contributed by atoms with van der Waals surface area (Å²) in [5, 5.41) is 3.37. The SMILES string of the molecule is CC1(C)CC(NC(=NC2CC2)NN)CCO1. The molecule has 0 amide bonds. The highest BCUT2D eigenvalue weighted by atomic mass is 16.5. The maximum atomic E-state index is 5.67. The molecule has 1 heterocycles. The van der Waals surface area contributed by atoms with E-state index < -0.39 is 0 Å². The lowest BCUT2D eigenvalue weighted by molar-refractivity contribution is -0.0605. The Balaban J connectivity index is 1.87. The van der Waals surface area contributed by atoms with Gasteiger partial charge < -0.3 is 10.1 Å². The van der Waals surface area contributed by atoms with Crippen molar-refractivity contribution in [3.63, 3.8) is 0 Å². The Bertz CT molecular complexity index is 273.